The molecule has 4 atom stereocenters. The van der Waals surface area contributed by atoms with Crippen LogP contribution in [0, 0.1) is 5.92 Å². The van der Waals surface area contributed by atoms with Crippen LogP contribution in [0.3, 0.4) is 0 Å². The number of aliphatic hydroxyl groups excluding tert-OH is 2. The molecular formula is C26H40O5. The Balaban J connectivity index is 1.76. The number of benzene rings is 1. The molecule has 0 spiro atoms. The van der Waals surface area contributed by atoms with E-state index >= 15 is 0 Å². The fraction of sp³-hybridized carbons (Fsp3) is 0.615. The minimum absolute atomic E-state index is 0.0106. The van der Waals surface area contributed by atoms with Crippen molar-refractivity contribution in [2.75, 3.05) is 13.2 Å². The zero-order valence-corrected chi connectivity index (χ0v) is 19.5. The van der Waals surface area contributed by atoms with Gasteiger partial charge in [-0.05, 0) is 64.2 Å². The van der Waals surface area contributed by atoms with Crippen LogP contribution in [0.1, 0.15) is 58.9 Å². The molecule has 0 amide bonds. The Morgan fingerprint density at radius 3 is 2.65 bits per heavy atom. The van der Waals surface area contributed by atoms with Gasteiger partial charge in [0.05, 0.1) is 31.5 Å². The maximum absolute atomic E-state index is 9.99. The predicted octanol–water partition coefficient (Wildman–Crippen LogP) is 4.81. The molecule has 2 N–H and O–H groups in total. The zero-order chi connectivity index (χ0) is 22.6. The number of hydrogen-bond acceptors (Lipinski definition) is 5. The fourth-order valence-corrected chi connectivity index (χ4v) is 3.49. The van der Waals surface area contributed by atoms with Crippen molar-refractivity contribution < 1.29 is 24.4 Å². The van der Waals surface area contributed by atoms with Crippen molar-refractivity contribution in [2.24, 2.45) is 5.92 Å². The summed E-state index contributed by atoms with van der Waals surface area (Å²) < 4.78 is 17.6. The summed E-state index contributed by atoms with van der Waals surface area (Å²) >= 11 is 0. The normalized spacial score (nSPS) is 19.2. The molecule has 0 saturated carbocycles. The molecule has 0 bridgehead atoms. The van der Waals surface area contributed by atoms with Crippen LogP contribution in [0.2, 0.25) is 0 Å². The SMILES string of the molecule is CCC(COc1cccc(CC(O)OC(C)C)c1)COC1C=CC=C(CCC(C)O)C1. The lowest BCUT2D eigenvalue weighted by Crippen LogP contribution is -2.22. The fourth-order valence-electron chi connectivity index (χ4n) is 3.49. The second-order valence-corrected chi connectivity index (χ2v) is 8.75. The van der Waals surface area contributed by atoms with Crippen molar-refractivity contribution in [2.45, 2.75) is 84.4 Å². The van der Waals surface area contributed by atoms with Crippen LogP contribution < -0.4 is 4.74 Å². The molecule has 0 saturated heterocycles. The quantitative estimate of drug-likeness (QED) is 0.413. The second kappa shape index (κ2) is 13.7. The minimum Gasteiger partial charge on any atom is -0.493 e. The maximum Gasteiger partial charge on any atom is 0.158 e. The third-order valence-corrected chi connectivity index (χ3v) is 5.35. The first-order valence-electron chi connectivity index (χ1n) is 11.6. The zero-order valence-electron chi connectivity index (χ0n) is 19.5. The van der Waals surface area contributed by atoms with Crippen molar-refractivity contribution >= 4 is 0 Å². The minimum atomic E-state index is -0.810. The Morgan fingerprint density at radius 2 is 1.94 bits per heavy atom. The molecule has 174 valence electrons. The lowest BCUT2D eigenvalue weighted by molar-refractivity contribution is -0.123. The molecule has 1 aromatic carbocycles. The van der Waals surface area contributed by atoms with Crippen molar-refractivity contribution in [3.05, 3.63) is 53.6 Å². The smallest absolute Gasteiger partial charge is 0.158 e. The molecule has 5 nitrogen and oxygen atoms in total. The van der Waals surface area contributed by atoms with Crippen LogP contribution in [0.25, 0.3) is 0 Å². The number of rotatable bonds is 14. The van der Waals surface area contributed by atoms with Crippen molar-refractivity contribution in [1.29, 1.82) is 0 Å². The summed E-state index contributed by atoms with van der Waals surface area (Å²) in [6, 6.07) is 7.82. The first-order chi connectivity index (χ1) is 14.9. The van der Waals surface area contributed by atoms with Crippen LogP contribution in [-0.4, -0.2) is 48.0 Å². The summed E-state index contributed by atoms with van der Waals surface area (Å²) in [5.41, 5.74) is 2.32. The Hall–Kier alpha value is -1.66. The molecule has 4 unspecified atom stereocenters. The van der Waals surface area contributed by atoms with E-state index in [-0.39, 0.29) is 18.3 Å². The van der Waals surface area contributed by atoms with Gasteiger partial charge < -0.3 is 24.4 Å². The molecule has 0 radical (unpaired) electrons. The monoisotopic (exact) mass is 432 g/mol. The first-order valence-corrected chi connectivity index (χ1v) is 11.6. The summed E-state index contributed by atoms with van der Waals surface area (Å²) in [7, 11) is 0. The van der Waals surface area contributed by atoms with Crippen LogP contribution >= 0.6 is 0 Å². The van der Waals surface area contributed by atoms with E-state index in [0.717, 1.165) is 37.0 Å². The standard InChI is InChI=1S/C26H40O5/c1-5-21(17-29-24-10-6-8-22(14-24)13-12-20(4)27)18-30-25-11-7-9-23(15-25)16-26(28)31-19(2)3/h6-11,15,19-21,24,26-28H,5,12-14,16-18H2,1-4H3. The van der Waals surface area contributed by atoms with Gasteiger partial charge in [-0.3, -0.25) is 0 Å². The number of hydrogen-bond donors (Lipinski definition) is 2. The van der Waals surface area contributed by atoms with Gasteiger partial charge >= 0.3 is 0 Å². The summed E-state index contributed by atoms with van der Waals surface area (Å²) in [6.07, 6.45) is 9.31. The van der Waals surface area contributed by atoms with Gasteiger partial charge in [-0.25, -0.2) is 0 Å². The summed E-state index contributed by atoms with van der Waals surface area (Å²) in [4.78, 5) is 0. The lowest BCUT2D eigenvalue weighted by Gasteiger charge is -2.23. The van der Waals surface area contributed by atoms with Gasteiger partial charge in [-0.1, -0.05) is 42.9 Å². The highest BCUT2D eigenvalue weighted by Crippen LogP contribution is 2.22. The van der Waals surface area contributed by atoms with Gasteiger partial charge in [0.1, 0.15) is 5.75 Å². The van der Waals surface area contributed by atoms with Crippen molar-refractivity contribution in [3.63, 3.8) is 0 Å². The van der Waals surface area contributed by atoms with Crippen molar-refractivity contribution in [3.8, 4) is 5.75 Å². The van der Waals surface area contributed by atoms with Crippen LogP contribution in [0.15, 0.2) is 48.1 Å². The van der Waals surface area contributed by atoms with Gasteiger partial charge in [-0.15, -0.1) is 0 Å². The first kappa shape index (κ1) is 25.6. The Morgan fingerprint density at radius 1 is 1.13 bits per heavy atom. The van der Waals surface area contributed by atoms with E-state index in [9.17, 15) is 10.2 Å². The van der Waals surface area contributed by atoms with E-state index in [1.165, 1.54) is 5.57 Å². The third-order valence-electron chi connectivity index (χ3n) is 5.35. The van der Waals surface area contributed by atoms with E-state index in [0.29, 0.717) is 25.6 Å². The lowest BCUT2D eigenvalue weighted by atomic mass is 9.97. The third kappa shape index (κ3) is 10.5. The van der Waals surface area contributed by atoms with E-state index in [1.54, 1.807) is 0 Å². The molecule has 5 heteroatoms. The summed E-state index contributed by atoms with van der Waals surface area (Å²) in [6.45, 7) is 9.04. The molecule has 0 fully saturated rings. The Bertz CT molecular complexity index is 695. The highest BCUT2D eigenvalue weighted by Gasteiger charge is 2.16. The molecule has 31 heavy (non-hydrogen) atoms. The predicted molar refractivity (Wildman–Crippen MR) is 124 cm³/mol. The molecule has 1 aliphatic rings. The number of ether oxygens (including phenoxy) is 3. The van der Waals surface area contributed by atoms with E-state index < -0.39 is 6.29 Å². The summed E-state index contributed by atoms with van der Waals surface area (Å²) in [5, 5.41) is 19.5. The van der Waals surface area contributed by atoms with Crippen LogP contribution in [0.4, 0.5) is 0 Å². The topological polar surface area (TPSA) is 68.2 Å². The van der Waals surface area contributed by atoms with Gasteiger partial charge in [0, 0.05) is 12.3 Å². The highest BCUT2D eigenvalue weighted by atomic mass is 16.6. The molecule has 0 heterocycles. The van der Waals surface area contributed by atoms with E-state index in [2.05, 4.69) is 25.2 Å². The van der Waals surface area contributed by atoms with Crippen LogP contribution in [0.5, 0.6) is 5.75 Å². The van der Waals surface area contributed by atoms with E-state index in [1.807, 2.05) is 45.0 Å². The average molecular weight is 433 g/mol. The van der Waals surface area contributed by atoms with Crippen molar-refractivity contribution in [1.82, 2.24) is 0 Å². The number of aliphatic hydroxyl groups is 2. The van der Waals surface area contributed by atoms with Gasteiger partial charge in [0.15, 0.2) is 6.29 Å². The van der Waals surface area contributed by atoms with Crippen LogP contribution in [-0.2, 0) is 15.9 Å². The maximum atomic E-state index is 9.99. The highest BCUT2D eigenvalue weighted by molar-refractivity contribution is 5.28. The molecule has 2 rings (SSSR count). The largest absolute Gasteiger partial charge is 0.493 e. The second-order valence-electron chi connectivity index (χ2n) is 8.75. The van der Waals surface area contributed by atoms with Gasteiger partial charge in [-0.2, -0.15) is 0 Å². The number of allylic oxidation sites excluding steroid dienone is 2. The Labute approximate surface area is 187 Å². The molecule has 0 aromatic heterocycles. The Kier molecular flexibility index (Phi) is 11.3. The molecule has 1 aliphatic carbocycles. The van der Waals surface area contributed by atoms with E-state index in [4.69, 9.17) is 14.2 Å². The van der Waals surface area contributed by atoms with Gasteiger partial charge in [0.25, 0.3) is 0 Å². The molecule has 0 aliphatic heterocycles. The molecular weight excluding hydrogens is 392 g/mol. The van der Waals surface area contributed by atoms with Gasteiger partial charge in [0.2, 0.25) is 0 Å². The summed E-state index contributed by atoms with van der Waals surface area (Å²) in [5.74, 6) is 1.10. The average Bonchev–Trinajstić information content (AvgIpc) is 2.72. The molecule has 1 aromatic rings.